The van der Waals surface area contributed by atoms with Gasteiger partial charge in [0.05, 0.1) is 12.0 Å². The van der Waals surface area contributed by atoms with Crippen LogP contribution in [0.15, 0.2) is 83.8 Å². The molecule has 1 fully saturated rings. The summed E-state index contributed by atoms with van der Waals surface area (Å²) in [6.45, 7) is 9.18. The van der Waals surface area contributed by atoms with Crippen molar-refractivity contribution in [3.05, 3.63) is 95.6 Å². The molecule has 12 heteroatoms. The molecule has 2 amide bonds. The van der Waals surface area contributed by atoms with Crippen LogP contribution >= 0.6 is 0 Å². The minimum absolute atomic E-state index is 0.0858. The minimum atomic E-state index is -3.93. The summed E-state index contributed by atoms with van der Waals surface area (Å²) in [4.78, 5) is 32.3. The number of fused-ring (bicyclic) bond motifs is 2. The van der Waals surface area contributed by atoms with Crippen molar-refractivity contribution >= 4 is 32.6 Å². The number of likely N-dealkylation sites (tertiary alicyclic amines) is 1. The zero-order valence-electron chi connectivity index (χ0n) is 32.0. The van der Waals surface area contributed by atoms with Crippen molar-refractivity contribution in [2.24, 2.45) is 0 Å². The van der Waals surface area contributed by atoms with E-state index in [2.05, 4.69) is 40.9 Å². The predicted octanol–water partition coefficient (Wildman–Crippen LogP) is 6.19. The zero-order chi connectivity index (χ0) is 38.6. The first-order chi connectivity index (χ1) is 25.8. The van der Waals surface area contributed by atoms with Crippen molar-refractivity contribution in [1.29, 1.82) is 0 Å². The maximum atomic E-state index is 14.3. The summed E-state index contributed by atoms with van der Waals surface area (Å²) in [5.41, 5.74) is 2.80. The van der Waals surface area contributed by atoms with Gasteiger partial charge in [0.1, 0.15) is 11.8 Å². The number of nitrogens with zero attached hydrogens (tertiary/aromatic N) is 2. The Morgan fingerprint density at radius 1 is 0.889 bits per heavy atom. The molecule has 1 saturated heterocycles. The number of likely N-dealkylation sites (N-methyl/N-ethyl adjacent to an activating group) is 1. The molecule has 2 aliphatic rings. The van der Waals surface area contributed by atoms with Gasteiger partial charge < -0.3 is 24.4 Å². The van der Waals surface area contributed by atoms with E-state index in [1.807, 2.05) is 50.2 Å². The zero-order valence-corrected chi connectivity index (χ0v) is 32.8. The Morgan fingerprint density at radius 2 is 1.56 bits per heavy atom. The fraction of sp³-hybridized carbons (Fsp3) is 0.429. The number of carbonyl (C=O) groups is 2. The van der Waals surface area contributed by atoms with Gasteiger partial charge in [0.25, 0.3) is 0 Å². The molecule has 0 saturated carbocycles. The molecule has 2 aliphatic heterocycles. The average Bonchev–Trinajstić information content (AvgIpc) is 3.64. The van der Waals surface area contributed by atoms with Crippen LogP contribution in [0.5, 0.6) is 17.2 Å². The first-order valence-electron chi connectivity index (χ1n) is 18.7. The molecule has 6 rings (SSSR count). The van der Waals surface area contributed by atoms with Gasteiger partial charge >= 0.3 is 0 Å². The molecule has 2 heterocycles. The van der Waals surface area contributed by atoms with Gasteiger partial charge in [-0.3, -0.25) is 14.5 Å². The van der Waals surface area contributed by atoms with E-state index in [1.54, 1.807) is 43.3 Å². The van der Waals surface area contributed by atoms with E-state index in [4.69, 9.17) is 14.2 Å². The summed E-state index contributed by atoms with van der Waals surface area (Å²) in [6.07, 6.45) is 3.43. The standard InChI is InChI=1S/C42H52N4O7S/c1-27(2)45(5)42(48)41(44-39(47)20-21-43-54(49,50)36-18-15-32-22-35(51-6)17-14-33(32)23-36)40(34-16-19-37-38(24-34)53-26-52-37)31-12-10-30(11-13-31)25-46-28(3)8-7-9-29(46)4/h10-19,22-24,27-29,40-41,43H,7-9,20-21,25-26H2,1-6H3,(H,44,47). The highest BCUT2D eigenvalue weighted by atomic mass is 32.2. The molecule has 4 aromatic carbocycles. The summed E-state index contributed by atoms with van der Waals surface area (Å²) in [6, 6.07) is 24.0. The Hall–Kier alpha value is -4.65. The van der Waals surface area contributed by atoms with Crippen LogP contribution in [0.25, 0.3) is 10.8 Å². The van der Waals surface area contributed by atoms with E-state index in [-0.39, 0.29) is 36.6 Å². The lowest BCUT2D eigenvalue weighted by molar-refractivity contribution is -0.137. The summed E-state index contributed by atoms with van der Waals surface area (Å²) < 4.78 is 45.7. The number of rotatable bonds is 14. The van der Waals surface area contributed by atoms with Crippen LogP contribution in [0.3, 0.4) is 0 Å². The highest BCUT2D eigenvalue weighted by Gasteiger charge is 2.36. The summed E-state index contributed by atoms with van der Waals surface area (Å²) in [7, 11) is -0.629. The number of nitrogens with one attached hydrogen (secondary N) is 2. The first kappa shape index (κ1) is 39.1. The molecule has 54 heavy (non-hydrogen) atoms. The number of carbonyl (C=O) groups excluding carboxylic acids is 2. The second kappa shape index (κ2) is 16.8. The predicted molar refractivity (Wildman–Crippen MR) is 209 cm³/mol. The van der Waals surface area contributed by atoms with Gasteiger partial charge in [0.15, 0.2) is 11.5 Å². The summed E-state index contributed by atoms with van der Waals surface area (Å²) in [5.74, 6) is 0.533. The van der Waals surface area contributed by atoms with Crippen LogP contribution in [0, 0.1) is 0 Å². The second-order valence-corrected chi connectivity index (χ2v) is 16.5. The third kappa shape index (κ3) is 8.83. The number of hydrogen-bond acceptors (Lipinski definition) is 8. The van der Waals surface area contributed by atoms with Crippen molar-refractivity contribution in [2.45, 2.75) is 94.9 Å². The smallest absolute Gasteiger partial charge is 0.246 e. The Labute approximate surface area is 319 Å². The number of benzene rings is 4. The molecule has 4 aromatic rings. The maximum absolute atomic E-state index is 14.3. The van der Waals surface area contributed by atoms with E-state index in [0.29, 0.717) is 29.3 Å². The van der Waals surface area contributed by atoms with Gasteiger partial charge in [0, 0.05) is 50.6 Å². The fourth-order valence-electron chi connectivity index (χ4n) is 7.40. The highest BCUT2D eigenvalue weighted by Crippen LogP contribution is 2.38. The molecule has 0 bridgehead atoms. The Bertz CT molecular complexity index is 2060. The van der Waals surface area contributed by atoms with Gasteiger partial charge in [-0.1, -0.05) is 48.9 Å². The third-order valence-electron chi connectivity index (χ3n) is 10.8. The quantitative estimate of drug-likeness (QED) is 0.156. The molecule has 2 N–H and O–H groups in total. The lowest BCUT2D eigenvalue weighted by Crippen LogP contribution is -2.52. The Balaban J connectivity index is 1.24. The number of hydrogen-bond donors (Lipinski definition) is 2. The van der Waals surface area contributed by atoms with Crippen LogP contribution in [-0.4, -0.2) is 81.7 Å². The van der Waals surface area contributed by atoms with Crippen LogP contribution in [0.1, 0.15) is 76.0 Å². The first-order valence-corrected chi connectivity index (χ1v) is 20.2. The van der Waals surface area contributed by atoms with E-state index >= 15 is 0 Å². The van der Waals surface area contributed by atoms with E-state index < -0.39 is 27.9 Å². The molecule has 0 aromatic heterocycles. The average molecular weight is 757 g/mol. The van der Waals surface area contributed by atoms with Crippen molar-refractivity contribution in [2.75, 3.05) is 27.5 Å². The molecular formula is C42H52N4O7S. The molecule has 4 atom stereocenters. The number of amides is 2. The van der Waals surface area contributed by atoms with Gasteiger partial charge in [-0.2, -0.15) is 0 Å². The number of piperidine rings is 1. The van der Waals surface area contributed by atoms with Gasteiger partial charge in [-0.25, -0.2) is 13.1 Å². The van der Waals surface area contributed by atoms with Crippen molar-refractivity contribution in [3.63, 3.8) is 0 Å². The van der Waals surface area contributed by atoms with E-state index in [1.165, 1.54) is 30.9 Å². The van der Waals surface area contributed by atoms with Gasteiger partial charge in [-0.05, 0) is 104 Å². The van der Waals surface area contributed by atoms with E-state index in [0.717, 1.165) is 28.4 Å². The van der Waals surface area contributed by atoms with Crippen LogP contribution in [0.4, 0.5) is 0 Å². The monoisotopic (exact) mass is 756 g/mol. The molecule has 0 aliphatic carbocycles. The number of methoxy groups -OCH3 is 1. The molecule has 0 spiro atoms. The maximum Gasteiger partial charge on any atom is 0.246 e. The van der Waals surface area contributed by atoms with Gasteiger partial charge in [-0.15, -0.1) is 0 Å². The highest BCUT2D eigenvalue weighted by molar-refractivity contribution is 7.89. The molecule has 0 radical (unpaired) electrons. The summed E-state index contributed by atoms with van der Waals surface area (Å²) >= 11 is 0. The largest absolute Gasteiger partial charge is 0.497 e. The molecule has 288 valence electrons. The van der Waals surface area contributed by atoms with E-state index in [9.17, 15) is 18.0 Å². The third-order valence-corrected chi connectivity index (χ3v) is 12.3. The molecular weight excluding hydrogens is 705 g/mol. The van der Waals surface area contributed by atoms with Crippen molar-refractivity contribution in [3.8, 4) is 17.2 Å². The topological polar surface area (TPSA) is 127 Å². The van der Waals surface area contributed by atoms with Crippen LogP contribution < -0.4 is 24.2 Å². The van der Waals surface area contributed by atoms with Crippen LogP contribution in [-0.2, 0) is 26.2 Å². The second-order valence-electron chi connectivity index (χ2n) is 14.7. The van der Waals surface area contributed by atoms with Crippen molar-refractivity contribution in [1.82, 2.24) is 19.8 Å². The SMILES string of the molecule is COc1ccc2cc(S(=O)(=O)NCCC(=O)NC(C(=O)N(C)C(C)C)C(c3ccc(CN4C(C)CCCC4C)cc3)c3ccc4c(c3)OCO4)ccc2c1. The van der Waals surface area contributed by atoms with Crippen molar-refractivity contribution < 1.29 is 32.2 Å². The fourth-order valence-corrected chi connectivity index (χ4v) is 8.46. The lowest BCUT2D eigenvalue weighted by atomic mass is 9.83. The normalized spacial score (nSPS) is 18.4. The molecule has 11 nitrogen and oxygen atoms in total. The number of ether oxygens (including phenoxy) is 3. The minimum Gasteiger partial charge on any atom is -0.497 e. The Morgan fingerprint density at radius 3 is 2.26 bits per heavy atom. The van der Waals surface area contributed by atoms with Crippen LogP contribution in [0.2, 0.25) is 0 Å². The Kier molecular flexibility index (Phi) is 12.1. The van der Waals surface area contributed by atoms with Gasteiger partial charge in [0.2, 0.25) is 28.6 Å². The summed E-state index contributed by atoms with van der Waals surface area (Å²) in [5, 5.41) is 4.59. The lowest BCUT2D eigenvalue weighted by Gasteiger charge is -2.39. The number of sulfonamides is 1. The molecule has 4 unspecified atom stereocenters.